The maximum absolute atomic E-state index is 14.3. The molecule has 1 aromatic carbocycles. The lowest BCUT2D eigenvalue weighted by Gasteiger charge is -2.31. The molecule has 0 spiro atoms. The summed E-state index contributed by atoms with van der Waals surface area (Å²) in [5.41, 5.74) is 13.4. The zero-order valence-electron chi connectivity index (χ0n) is 38.5. The second-order valence-corrected chi connectivity index (χ2v) is 18.2. The average Bonchev–Trinajstić information content (AvgIpc) is 4.06. The van der Waals surface area contributed by atoms with Crippen LogP contribution in [0.1, 0.15) is 97.5 Å². The number of ether oxygens (including phenoxy) is 1. The molecule has 0 aliphatic carbocycles. The third-order valence-corrected chi connectivity index (χ3v) is 11.2. The van der Waals surface area contributed by atoms with Crippen LogP contribution in [0.5, 0.6) is 0 Å². The standard InChI is InChI=1S/C45H68N12O8/c1-8-27(4)38(43(63)53-33(39(47)59)19-29-22-48-24-50-29)56-37(58)21-31(46)32(17-26(2)3)52-41(61)35(20-30-23-49-25-51-30)54-40(60)34(18-28-13-10-9-11-14-28)55-42(62)36-15-12-16-57(36)44(64)65-45(5,6)7/h9-11,13-14,22-27,31-36,38H,8,12,15-21,46H2,1-7H3,(H2,47,59)(H,48,50)(H,49,51)(H,52,61)(H,53,63)(H,54,60)(H,55,62)(H,56,58)/t27-,31-,32-,33-,34-,35-,36-,38-/m0/s1. The van der Waals surface area contributed by atoms with Crippen LogP contribution in [-0.4, -0.2) is 121 Å². The lowest BCUT2D eigenvalue weighted by molar-refractivity contribution is -0.133. The molecule has 20 heteroatoms. The number of rotatable bonds is 23. The maximum atomic E-state index is 14.3. The summed E-state index contributed by atoms with van der Waals surface area (Å²) in [7, 11) is 0. The minimum atomic E-state index is -1.20. The molecule has 0 saturated carbocycles. The quantitative estimate of drug-likeness (QED) is 0.0653. The molecule has 7 amide bonds. The zero-order chi connectivity index (χ0) is 47.8. The summed E-state index contributed by atoms with van der Waals surface area (Å²) in [5, 5.41) is 14.1. The topological polar surface area (TPSA) is 302 Å². The van der Waals surface area contributed by atoms with Crippen molar-refractivity contribution in [3.63, 3.8) is 0 Å². The molecule has 0 radical (unpaired) electrons. The van der Waals surface area contributed by atoms with Crippen molar-refractivity contribution in [2.45, 2.75) is 148 Å². The van der Waals surface area contributed by atoms with Gasteiger partial charge in [0.1, 0.15) is 35.8 Å². The van der Waals surface area contributed by atoms with Crippen molar-refractivity contribution in [3.8, 4) is 0 Å². The Morgan fingerprint density at radius 3 is 1.95 bits per heavy atom. The van der Waals surface area contributed by atoms with E-state index in [4.69, 9.17) is 16.2 Å². The minimum Gasteiger partial charge on any atom is -0.444 e. The van der Waals surface area contributed by atoms with Crippen molar-refractivity contribution in [3.05, 3.63) is 72.3 Å². The van der Waals surface area contributed by atoms with Crippen molar-refractivity contribution in [2.24, 2.45) is 23.3 Å². The fourth-order valence-electron chi connectivity index (χ4n) is 7.53. The second kappa shape index (κ2) is 24.1. The van der Waals surface area contributed by atoms with Gasteiger partial charge in [0.15, 0.2) is 0 Å². The van der Waals surface area contributed by atoms with E-state index in [0.29, 0.717) is 43.6 Å². The summed E-state index contributed by atoms with van der Waals surface area (Å²) in [6.07, 6.45) is 6.97. The number of primary amides is 1. The summed E-state index contributed by atoms with van der Waals surface area (Å²) >= 11 is 0. The van der Waals surface area contributed by atoms with E-state index in [1.165, 1.54) is 29.9 Å². The van der Waals surface area contributed by atoms with Gasteiger partial charge in [-0.2, -0.15) is 0 Å². The number of aromatic amines is 2. The van der Waals surface area contributed by atoms with Gasteiger partial charge in [-0.3, -0.25) is 33.7 Å². The third-order valence-electron chi connectivity index (χ3n) is 11.2. The minimum absolute atomic E-state index is 0.00982. The molecule has 11 N–H and O–H groups in total. The molecule has 3 heterocycles. The van der Waals surface area contributed by atoms with Crippen molar-refractivity contribution in [1.29, 1.82) is 0 Å². The molecule has 20 nitrogen and oxygen atoms in total. The Bertz CT molecular complexity index is 2020. The highest BCUT2D eigenvalue weighted by Crippen LogP contribution is 2.22. The number of benzene rings is 1. The number of amides is 7. The number of carbonyl (C=O) groups is 7. The number of imidazole rings is 2. The lowest BCUT2D eigenvalue weighted by atomic mass is 9.94. The van der Waals surface area contributed by atoms with Gasteiger partial charge in [0.2, 0.25) is 35.4 Å². The normalized spacial score (nSPS) is 17.1. The molecule has 4 rings (SSSR count). The highest BCUT2D eigenvalue weighted by atomic mass is 16.6. The number of hydrogen-bond donors (Lipinski definition) is 9. The van der Waals surface area contributed by atoms with E-state index >= 15 is 0 Å². The molecule has 65 heavy (non-hydrogen) atoms. The molecule has 8 atom stereocenters. The van der Waals surface area contributed by atoms with Gasteiger partial charge in [0, 0.05) is 68.1 Å². The number of H-pyrrole nitrogens is 2. The fraction of sp³-hybridized carbons (Fsp3) is 0.578. The van der Waals surface area contributed by atoms with Crippen LogP contribution in [0.15, 0.2) is 55.4 Å². The molecule has 1 saturated heterocycles. The molecule has 0 bridgehead atoms. The first kappa shape index (κ1) is 51.3. The Morgan fingerprint density at radius 1 is 0.815 bits per heavy atom. The first-order valence-electron chi connectivity index (χ1n) is 22.3. The smallest absolute Gasteiger partial charge is 0.410 e. The van der Waals surface area contributed by atoms with Crippen LogP contribution < -0.4 is 38.1 Å². The van der Waals surface area contributed by atoms with Crippen molar-refractivity contribution >= 4 is 41.5 Å². The molecule has 1 fully saturated rings. The van der Waals surface area contributed by atoms with E-state index in [9.17, 15) is 33.6 Å². The summed E-state index contributed by atoms with van der Waals surface area (Å²) < 4.78 is 5.56. The van der Waals surface area contributed by atoms with Crippen LogP contribution in [0.2, 0.25) is 0 Å². The van der Waals surface area contributed by atoms with E-state index in [2.05, 4.69) is 46.5 Å². The van der Waals surface area contributed by atoms with Crippen molar-refractivity contribution in [1.82, 2.24) is 51.4 Å². The zero-order valence-corrected chi connectivity index (χ0v) is 38.5. The molecule has 2 aromatic heterocycles. The molecular weight excluding hydrogens is 837 g/mol. The summed E-state index contributed by atoms with van der Waals surface area (Å²) in [4.78, 5) is 110. The SMILES string of the molecule is CC[C@H](C)[C@H](NC(=O)C[C@H](N)[C@H](CC(C)C)NC(=O)[C@H](Cc1cnc[nH]1)NC(=O)[C@H](Cc1ccccc1)NC(=O)[C@@H]1CCCN1C(=O)OC(C)(C)C)C(=O)N[C@@H](Cc1cnc[nH]1)C(N)=O. The van der Waals surface area contributed by atoms with E-state index in [1.807, 2.05) is 51.1 Å². The number of aromatic nitrogens is 4. The van der Waals surface area contributed by atoms with Gasteiger partial charge in [-0.25, -0.2) is 14.8 Å². The van der Waals surface area contributed by atoms with E-state index in [-0.39, 0.29) is 37.5 Å². The highest BCUT2D eigenvalue weighted by Gasteiger charge is 2.39. The lowest BCUT2D eigenvalue weighted by Crippen LogP contribution is -2.60. The Labute approximate surface area is 380 Å². The van der Waals surface area contributed by atoms with Gasteiger partial charge in [-0.15, -0.1) is 0 Å². The van der Waals surface area contributed by atoms with Crippen LogP contribution in [0.3, 0.4) is 0 Å². The van der Waals surface area contributed by atoms with Gasteiger partial charge in [-0.1, -0.05) is 64.4 Å². The number of nitrogens with two attached hydrogens (primary N) is 2. The summed E-state index contributed by atoms with van der Waals surface area (Å²) in [5.74, 6) is -4.02. The average molecular weight is 905 g/mol. The van der Waals surface area contributed by atoms with E-state index in [0.717, 1.165) is 5.56 Å². The molecule has 0 unspecified atom stereocenters. The maximum Gasteiger partial charge on any atom is 0.410 e. The van der Waals surface area contributed by atoms with Gasteiger partial charge >= 0.3 is 6.09 Å². The van der Waals surface area contributed by atoms with E-state index in [1.54, 1.807) is 27.7 Å². The number of hydrogen-bond acceptors (Lipinski definition) is 11. The van der Waals surface area contributed by atoms with Crippen molar-refractivity contribution in [2.75, 3.05) is 6.54 Å². The molecule has 1 aliphatic heterocycles. The monoisotopic (exact) mass is 905 g/mol. The van der Waals surface area contributed by atoms with Crippen LogP contribution >= 0.6 is 0 Å². The second-order valence-electron chi connectivity index (χ2n) is 18.2. The number of nitrogens with zero attached hydrogens (tertiary/aromatic N) is 3. The Kier molecular flexibility index (Phi) is 19.0. The predicted molar refractivity (Wildman–Crippen MR) is 241 cm³/mol. The summed E-state index contributed by atoms with van der Waals surface area (Å²) in [6.45, 7) is 13.1. The Morgan fingerprint density at radius 2 is 1.40 bits per heavy atom. The molecule has 3 aromatic rings. The Balaban J connectivity index is 1.51. The predicted octanol–water partition coefficient (Wildman–Crippen LogP) is 1.28. The van der Waals surface area contributed by atoms with Crippen LogP contribution in [-0.2, 0) is 52.8 Å². The van der Waals surface area contributed by atoms with Gasteiger partial charge in [-0.05, 0) is 57.4 Å². The van der Waals surface area contributed by atoms with Gasteiger partial charge in [0.05, 0.1) is 12.7 Å². The fourth-order valence-corrected chi connectivity index (χ4v) is 7.53. The van der Waals surface area contributed by atoms with Gasteiger partial charge in [0.25, 0.3) is 0 Å². The first-order chi connectivity index (χ1) is 30.7. The summed E-state index contributed by atoms with van der Waals surface area (Å²) in [6, 6.07) is 2.05. The number of nitrogens with one attached hydrogen (secondary N) is 7. The Hall–Kier alpha value is -6.31. The molecular formula is C45H68N12O8. The third kappa shape index (κ3) is 16.3. The van der Waals surface area contributed by atoms with Crippen LogP contribution in [0, 0.1) is 11.8 Å². The van der Waals surface area contributed by atoms with Crippen molar-refractivity contribution < 1.29 is 38.3 Å². The first-order valence-corrected chi connectivity index (χ1v) is 22.3. The van der Waals surface area contributed by atoms with E-state index < -0.39 is 89.4 Å². The van der Waals surface area contributed by atoms with Crippen LogP contribution in [0.25, 0.3) is 0 Å². The number of likely N-dealkylation sites (tertiary alicyclic amines) is 1. The molecule has 1 aliphatic rings. The largest absolute Gasteiger partial charge is 0.444 e. The number of carbonyl (C=O) groups excluding carboxylic acids is 7. The molecule has 356 valence electrons. The van der Waals surface area contributed by atoms with Crippen LogP contribution in [0.4, 0.5) is 4.79 Å². The highest BCUT2D eigenvalue weighted by molar-refractivity contribution is 5.95. The van der Waals surface area contributed by atoms with Gasteiger partial charge < -0.3 is 52.8 Å².